The summed E-state index contributed by atoms with van der Waals surface area (Å²) in [7, 11) is 0. The van der Waals surface area contributed by atoms with Crippen molar-refractivity contribution >= 4 is 17.4 Å². The predicted molar refractivity (Wildman–Crippen MR) is 90.6 cm³/mol. The number of ether oxygens (including phenoxy) is 1. The molecular weight excluding hydrogens is 312 g/mol. The molecule has 0 saturated carbocycles. The molecule has 0 fully saturated rings. The molecule has 0 aliphatic carbocycles. The Morgan fingerprint density at radius 3 is 2.91 bits per heavy atom. The molecule has 124 valence electrons. The van der Waals surface area contributed by atoms with Crippen LogP contribution >= 0.6 is 11.3 Å². The fourth-order valence-electron chi connectivity index (χ4n) is 1.90. The number of nitrogens with one attached hydrogen (secondary N) is 2. The molecule has 2 amide bonds. The van der Waals surface area contributed by atoms with Gasteiger partial charge in [-0.05, 0) is 19.4 Å². The number of carbonyl (C=O) groups excluding carboxylic acids is 1. The third kappa shape index (κ3) is 5.86. The van der Waals surface area contributed by atoms with Gasteiger partial charge in [0.2, 0.25) is 5.88 Å². The Balaban J connectivity index is 1.79. The van der Waals surface area contributed by atoms with Crippen LogP contribution in [0, 0.1) is 6.92 Å². The minimum Gasteiger partial charge on any atom is -0.477 e. The quantitative estimate of drug-likeness (QED) is 0.728. The van der Waals surface area contributed by atoms with Crippen LogP contribution in [0.4, 0.5) is 4.79 Å². The van der Waals surface area contributed by atoms with Crippen molar-refractivity contribution in [2.24, 2.45) is 0 Å². The average Bonchev–Trinajstić information content (AvgIpc) is 2.98. The molecule has 0 aromatic carbocycles. The molecule has 7 heteroatoms. The summed E-state index contributed by atoms with van der Waals surface area (Å²) in [5.41, 5.74) is 1.73. The minimum atomic E-state index is -0.237. The summed E-state index contributed by atoms with van der Waals surface area (Å²) in [6, 6.07) is 3.50. The van der Waals surface area contributed by atoms with E-state index in [2.05, 4.69) is 27.5 Å². The van der Waals surface area contributed by atoms with Gasteiger partial charge in [0.25, 0.3) is 0 Å². The zero-order valence-electron chi connectivity index (χ0n) is 13.5. The molecule has 0 saturated heterocycles. The van der Waals surface area contributed by atoms with Crippen molar-refractivity contribution in [2.75, 3.05) is 6.61 Å². The van der Waals surface area contributed by atoms with Crippen LogP contribution in [-0.2, 0) is 13.1 Å². The van der Waals surface area contributed by atoms with E-state index >= 15 is 0 Å². The van der Waals surface area contributed by atoms with Gasteiger partial charge in [-0.25, -0.2) is 14.8 Å². The number of carbonyl (C=O) groups is 1. The number of hydrogen-bond donors (Lipinski definition) is 2. The van der Waals surface area contributed by atoms with Crippen molar-refractivity contribution in [3.63, 3.8) is 0 Å². The average molecular weight is 334 g/mol. The van der Waals surface area contributed by atoms with E-state index < -0.39 is 0 Å². The summed E-state index contributed by atoms with van der Waals surface area (Å²) >= 11 is 1.57. The molecular formula is C16H22N4O2S. The zero-order chi connectivity index (χ0) is 16.5. The lowest BCUT2D eigenvalue weighted by Crippen LogP contribution is -2.34. The van der Waals surface area contributed by atoms with E-state index in [1.807, 2.05) is 24.4 Å². The van der Waals surface area contributed by atoms with Gasteiger partial charge in [0.15, 0.2) is 0 Å². The van der Waals surface area contributed by atoms with Crippen LogP contribution in [0.25, 0.3) is 0 Å². The molecule has 0 bridgehead atoms. The number of aryl methyl sites for hydroxylation is 1. The van der Waals surface area contributed by atoms with Crippen LogP contribution < -0.4 is 15.4 Å². The number of aromatic nitrogens is 2. The van der Waals surface area contributed by atoms with Crippen LogP contribution in [0.5, 0.6) is 5.88 Å². The SMILES string of the molecule is CCCCOc1ncccc1CNC(=O)NCc1csc(C)n1. The largest absolute Gasteiger partial charge is 0.477 e. The van der Waals surface area contributed by atoms with E-state index in [9.17, 15) is 4.79 Å². The number of pyridine rings is 1. The van der Waals surface area contributed by atoms with Crippen molar-refractivity contribution in [3.05, 3.63) is 40.0 Å². The highest BCUT2D eigenvalue weighted by Crippen LogP contribution is 2.14. The molecule has 2 aromatic heterocycles. The van der Waals surface area contributed by atoms with Gasteiger partial charge in [0.1, 0.15) is 0 Å². The number of nitrogens with zero attached hydrogens (tertiary/aromatic N) is 2. The van der Waals surface area contributed by atoms with Crippen molar-refractivity contribution < 1.29 is 9.53 Å². The number of rotatable bonds is 8. The topological polar surface area (TPSA) is 76.1 Å². The molecule has 2 rings (SSSR count). The number of amides is 2. The summed E-state index contributed by atoms with van der Waals surface area (Å²) in [6.07, 6.45) is 3.74. The summed E-state index contributed by atoms with van der Waals surface area (Å²) in [5.74, 6) is 0.580. The molecule has 2 N–H and O–H groups in total. The van der Waals surface area contributed by atoms with Gasteiger partial charge in [0, 0.05) is 23.7 Å². The molecule has 6 nitrogen and oxygen atoms in total. The van der Waals surface area contributed by atoms with Gasteiger partial charge < -0.3 is 15.4 Å². The standard InChI is InChI=1S/C16H22N4O2S/c1-3-4-8-22-15-13(6-5-7-17-15)9-18-16(21)19-10-14-11-23-12(2)20-14/h5-7,11H,3-4,8-10H2,1-2H3,(H2,18,19,21). The smallest absolute Gasteiger partial charge is 0.315 e. The van der Waals surface area contributed by atoms with Gasteiger partial charge >= 0.3 is 6.03 Å². The molecule has 0 spiro atoms. The van der Waals surface area contributed by atoms with E-state index in [-0.39, 0.29) is 6.03 Å². The Kier molecular flexibility index (Phi) is 6.80. The fraction of sp³-hybridized carbons (Fsp3) is 0.438. The molecule has 0 radical (unpaired) electrons. The van der Waals surface area contributed by atoms with Crippen LogP contribution in [0.15, 0.2) is 23.7 Å². The first-order valence-electron chi connectivity index (χ1n) is 7.68. The monoisotopic (exact) mass is 334 g/mol. The fourth-order valence-corrected chi connectivity index (χ4v) is 2.51. The van der Waals surface area contributed by atoms with Crippen LogP contribution in [0.1, 0.15) is 36.0 Å². The summed E-state index contributed by atoms with van der Waals surface area (Å²) in [5, 5.41) is 8.53. The first-order chi connectivity index (χ1) is 11.2. The molecule has 0 unspecified atom stereocenters. The third-order valence-electron chi connectivity index (χ3n) is 3.12. The van der Waals surface area contributed by atoms with Gasteiger partial charge in [-0.1, -0.05) is 19.4 Å². The van der Waals surface area contributed by atoms with E-state index in [0.29, 0.717) is 25.6 Å². The van der Waals surface area contributed by atoms with Crippen molar-refractivity contribution in [1.29, 1.82) is 0 Å². The highest BCUT2D eigenvalue weighted by atomic mass is 32.1. The molecule has 0 atom stereocenters. The Labute approximate surface area is 140 Å². The molecule has 2 heterocycles. The minimum absolute atomic E-state index is 0.237. The maximum absolute atomic E-state index is 11.9. The van der Waals surface area contributed by atoms with Gasteiger partial charge in [-0.15, -0.1) is 11.3 Å². The van der Waals surface area contributed by atoms with Gasteiger partial charge in [-0.2, -0.15) is 0 Å². The zero-order valence-corrected chi connectivity index (χ0v) is 14.3. The van der Waals surface area contributed by atoms with E-state index in [1.54, 1.807) is 17.5 Å². The third-order valence-corrected chi connectivity index (χ3v) is 3.94. The second kappa shape index (κ2) is 9.09. The Morgan fingerprint density at radius 2 is 2.17 bits per heavy atom. The highest BCUT2D eigenvalue weighted by molar-refractivity contribution is 7.09. The lowest BCUT2D eigenvalue weighted by molar-refractivity contribution is 0.239. The van der Waals surface area contributed by atoms with Gasteiger partial charge in [-0.3, -0.25) is 0 Å². The first kappa shape index (κ1) is 17.2. The van der Waals surface area contributed by atoms with E-state index in [0.717, 1.165) is 29.1 Å². The summed E-state index contributed by atoms with van der Waals surface area (Å²) < 4.78 is 5.65. The summed E-state index contributed by atoms with van der Waals surface area (Å²) in [6.45, 7) is 5.48. The number of hydrogen-bond acceptors (Lipinski definition) is 5. The lowest BCUT2D eigenvalue weighted by Gasteiger charge is -2.11. The van der Waals surface area contributed by atoms with E-state index in [4.69, 9.17) is 4.74 Å². The Bertz CT molecular complexity index is 630. The van der Waals surface area contributed by atoms with Crippen LogP contribution in [0.2, 0.25) is 0 Å². The Hall–Kier alpha value is -2.15. The first-order valence-corrected chi connectivity index (χ1v) is 8.56. The van der Waals surface area contributed by atoms with Crippen molar-refractivity contribution in [2.45, 2.75) is 39.8 Å². The van der Waals surface area contributed by atoms with Gasteiger partial charge in [0.05, 0.1) is 23.9 Å². The second-order valence-corrected chi connectivity index (χ2v) is 6.13. The Morgan fingerprint density at radius 1 is 1.35 bits per heavy atom. The molecule has 23 heavy (non-hydrogen) atoms. The summed E-state index contributed by atoms with van der Waals surface area (Å²) in [4.78, 5) is 20.4. The highest BCUT2D eigenvalue weighted by Gasteiger charge is 2.07. The molecule has 2 aromatic rings. The predicted octanol–water partition coefficient (Wildman–Crippen LogP) is 3.02. The number of thiazole rings is 1. The molecule has 0 aliphatic heterocycles. The maximum Gasteiger partial charge on any atom is 0.315 e. The second-order valence-electron chi connectivity index (χ2n) is 5.06. The van der Waals surface area contributed by atoms with Crippen LogP contribution in [0.3, 0.4) is 0 Å². The maximum atomic E-state index is 11.9. The normalized spacial score (nSPS) is 10.3. The van der Waals surface area contributed by atoms with E-state index in [1.165, 1.54) is 0 Å². The number of urea groups is 1. The lowest BCUT2D eigenvalue weighted by atomic mass is 10.2. The number of unbranched alkanes of at least 4 members (excludes halogenated alkanes) is 1. The van der Waals surface area contributed by atoms with Crippen LogP contribution in [-0.4, -0.2) is 22.6 Å². The van der Waals surface area contributed by atoms with Crippen molar-refractivity contribution in [1.82, 2.24) is 20.6 Å². The van der Waals surface area contributed by atoms with Crippen molar-refractivity contribution in [3.8, 4) is 5.88 Å². The molecule has 0 aliphatic rings.